The molecule has 34 heavy (non-hydrogen) atoms. The SMILES string of the molecule is CC(C)CC(CNC(=O)OCC1c2ccccc2-c2ccccc21)C(=O)N1CCC[C@H]1C(=O)O. The largest absolute Gasteiger partial charge is 0.480 e. The van der Waals surface area contributed by atoms with Crippen LogP contribution in [0.15, 0.2) is 48.5 Å². The molecule has 0 bridgehead atoms. The molecular weight excluding hydrogens is 432 g/mol. The van der Waals surface area contributed by atoms with Crippen LogP contribution in [0.3, 0.4) is 0 Å². The molecule has 2 atom stereocenters. The van der Waals surface area contributed by atoms with Gasteiger partial charge in [-0.15, -0.1) is 0 Å². The van der Waals surface area contributed by atoms with E-state index < -0.39 is 24.0 Å². The van der Waals surface area contributed by atoms with Crippen LogP contribution in [0.5, 0.6) is 0 Å². The molecule has 2 aromatic carbocycles. The summed E-state index contributed by atoms with van der Waals surface area (Å²) in [4.78, 5) is 38.7. The molecule has 2 aromatic rings. The van der Waals surface area contributed by atoms with E-state index in [9.17, 15) is 19.5 Å². The fourth-order valence-corrected chi connectivity index (χ4v) is 5.22. The van der Waals surface area contributed by atoms with E-state index in [4.69, 9.17) is 4.74 Å². The number of likely N-dealkylation sites (tertiary alicyclic amines) is 1. The molecule has 2 N–H and O–H groups in total. The van der Waals surface area contributed by atoms with E-state index in [2.05, 4.69) is 29.6 Å². The fraction of sp³-hybridized carbons (Fsp3) is 0.444. The molecular formula is C27H32N2O5. The molecule has 0 aromatic heterocycles. The van der Waals surface area contributed by atoms with Gasteiger partial charge in [-0.25, -0.2) is 9.59 Å². The van der Waals surface area contributed by atoms with Crippen molar-refractivity contribution in [3.8, 4) is 11.1 Å². The van der Waals surface area contributed by atoms with Crippen LogP contribution in [-0.2, 0) is 14.3 Å². The number of ether oxygens (including phenoxy) is 1. The third-order valence-corrected chi connectivity index (χ3v) is 6.76. The first-order chi connectivity index (χ1) is 16.4. The number of carboxylic acids is 1. The highest BCUT2D eigenvalue weighted by Gasteiger charge is 2.37. The number of hydrogen-bond donors (Lipinski definition) is 2. The third kappa shape index (κ3) is 4.93. The van der Waals surface area contributed by atoms with Crippen molar-refractivity contribution < 1.29 is 24.2 Å². The molecule has 4 rings (SSSR count). The van der Waals surface area contributed by atoms with Crippen LogP contribution in [0.4, 0.5) is 4.79 Å². The summed E-state index contributed by atoms with van der Waals surface area (Å²) in [6, 6.07) is 15.5. The first-order valence-electron chi connectivity index (χ1n) is 12.0. The van der Waals surface area contributed by atoms with E-state index in [0.29, 0.717) is 25.8 Å². The molecule has 1 aliphatic heterocycles. The highest BCUT2D eigenvalue weighted by Crippen LogP contribution is 2.44. The number of carboxylic acid groups (broad SMARTS) is 1. The molecule has 1 heterocycles. The average Bonchev–Trinajstić information content (AvgIpc) is 3.43. The van der Waals surface area contributed by atoms with E-state index in [0.717, 1.165) is 22.3 Å². The Bertz CT molecular complexity index is 1020. The van der Waals surface area contributed by atoms with Gasteiger partial charge in [0.25, 0.3) is 0 Å². The molecule has 1 saturated heterocycles. The van der Waals surface area contributed by atoms with Crippen molar-refractivity contribution in [3.63, 3.8) is 0 Å². The smallest absolute Gasteiger partial charge is 0.407 e. The number of benzene rings is 2. The second-order valence-corrected chi connectivity index (χ2v) is 9.56. The van der Waals surface area contributed by atoms with Crippen LogP contribution >= 0.6 is 0 Å². The highest BCUT2D eigenvalue weighted by atomic mass is 16.5. The minimum Gasteiger partial charge on any atom is -0.480 e. The maximum Gasteiger partial charge on any atom is 0.407 e. The maximum absolute atomic E-state index is 13.1. The number of nitrogens with zero attached hydrogens (tertiary/aromatic N) is 1. The van der Waals surface area contributed by atoms with Gasteiger partial charge in [0.15, 0.2) is 0 Å². The van der Waals surface area contributed by atoms with Crippen LogP contribution in [0.1, 0.15) is 50.2 Å². The van der Waals surface area contributed by atoms with Gasteiger partial charge < -0.3 is 20.1 Å². The number of alkyl carbamates (subject to hydrolysis) is 1. The van der Waals surface area contributed by atoms with Crippen molar-refractivity contribution in [1.29, 1.82) is 0 Å². The van der Waals surface area contributed by atoms with Gasteiger partial charge in [-0.2, -0.15) is 0 Å². The van der Waals surface area contributed by atoms with E-state index in [1.165, 1.54) is 4.90 Å². The molecule has 0 spiro atoms. The first-order valence-corrected chi connectivity index (χ1v) is 12.0. The van der Waals surface area contributed by atoms with Gasteiger partial charge >= 0.3 is 12.1 Å². The molecule has 1 aliphatic carbocycles. The lowest BCUT2D eigenvalue weighted by Gasteiger charge is -2.27. The summed E-state index contributed by atoms with van der Waals surface area (Å²) in [7, 11) is 0. The van der Waals surface area contributed by atoms with Crippen LogP contribution in [-0.4, -0.2) is 53.7 Å². The van der Waals surface area contributed by atoms with E-state index in [-0.39, 0.29) is 30.9 Å². The third-order valence-electron chi connectivity index (χ3n) is 6.76. The molecule has 1 unspecified atom stereocenters. The van der Waals surface area contributed by atoms with E-state index >= 15 is 0 Å². The van der Waals surface area contributed by atoms with Gasteiger partial charge in [-0.1, -0.05) is 62.4 Å². The first kappa shape index (κ1) is 23.8. The van der Waals surface area contributed by atoms with Crippen molar-refractivity contribution in [3.05, 3.63) is 59.7 Å². The Kier molecular flexibility index (Phi) is 7.20. The van der Waals surface area contributed by atoms with Crippen molar-refractivity contribution in [2.45, 2.75) is 45.1 Å². The Morgan fingerprint density at radius 2 is 1.68 bits per heavy atom. The lowest BCUT2D eigenvalue weighted by atomic mass is 9.95. The van der Waals surface area contributed by atoms with Gasteiger partial charge in [0.05, 0.1) is 5.92 Å². The van der Waals surface area contributed by atoms with Crippen LogP contribution in [0.25, 0.3) is 11.1 Å². The number of rotatable bonds is 8. The predicted molar refractivity (Wildman–Crippen MR) is 128 cm³/mol. The number of carbonyl (C=O) groups excluding carboxylic acids is 2. The van der Waals surface area contributed by atoms with Gasteiger partial charge in [0.2, 0.25) is 5.91 Å². The molecule has 2 aliphatic rings. The van der Waals surface area contributed by atoms with Gasteiger partial charge in [0.1, 0.15) is 12.6 Å². The van der Waals surface area contributed by atoms with Crippen LogP contribution < -0.4 is 5.32 Å². The van der Waals surface area contributed by atoms with E-state index in [1.807, 2.05) is 38.1 Å². The summed E-state index contributed by atoms with van der Waals surface area (Å²) in [6.07, 6.45) is 1.14. The summed E-state index contributed by atoms with van der Waals surface area (Å²) >= 11 is 0. The second kappa shape index (κ2) is 10.3. The Morgan fingerprint density at radius 3 is 2.26 bits per heavy atom. The second-order valence-electron chi connectivity index (χ2n) is 9.56. The van der Waals surface area contributed by atoms with Crippen LogP contribution in [0.2, 0.25) is 0 Å². The van der Waals surface area contributed by atoms with E-state index in [1.54, 1.807) is 0 Å². The molecule has 0 saturated carbocycles. The monoisotopic (exact) mass is 464 g/mol. The number of fused-ring (bicyclic) bond motifs is 3. The topological polar surface area (TPSA) is 95.9 Å². The molecule has 2 amide bonds. The Morgan fingerprint density at radius 1 is 1.06 bits per heavy atom. The predicted octanol–water partition coefficient (Wildman–Crippen LogP) is 4.26. The zero-order valence-corrected chi connectivity index (χ0v) is 19.7. The summed E-state index contributed by atoms with van der Waals surface area (Å²) in [6.45, 7) is 4.78. The van der Waals surface area contributed by atoms with Crippen LogP contribution in [0, 0.1) is 11.8 Å². The zero-order chi connectivity index (χ0) is 24.2. The molecule has 180 valence electrons. The minimum absolute atomic E-state index is 0.0350. The quantitative estimate of drug-likeness (QED) is 0.609. The summed E-state index contributed by atoms with van der Waals surface area (Å²) in [5.74, 6) is -1.48. The summed E-state index contributed by atoms with van der Waals surface area (Å²) in [5.41, 5.74) is 4.60. The molecule has 0 radical (unpaired) electrons. The number of carbonyl (C=O) groups is 3. The van der Waals surface area contributed by atoms with Gasteiger partial charge in [0, 0.05) is 19.0 Å². The molecule has 7 heteroatoms. The lowest BCUT2D eigenvalue weighted by Crippen LogP contribution is -2.46. The Labute approximate surface area is 200 Å². The summed E-state index contributed by atoms with van der Waals surface area (Å²) in [5, 5.41) is 12.2. The lowest BCUT2D eigenvalue weighted by molar-refractivity contribution is -0.150. The number of aliphatic carboxylic acids is 1. The standard InChI is InChI=1S/C27H32N2O5/c1-17(2)14-18(25(30)29-13-7-12-24(29)26(31)32)15-28-27(33)34-16-23-21-10-5-3-8-19(21)20-9-4-6-11-22(20)23/h3-6,8-11,17-18,23-24H,7,12-16H2,1-2H3,(H,28,33)(H,31,32)/t18?,24-/m0/s1. The van der Waals surface area contributed by atoms with Crippen molar-refractivity contribution in [1.82, 2.24) is 10.2 Å². The maximum atomic E-state index is 13.1. The molecule has 7 nitrogen and oxygen atoms in total. The fourth-order valence-electron chi connectivity index (χ4n) is 5.22. The van der Waals surface area contributed by atoms with Gasteiger partial charge in [-0.3, -0.25) is 4.79 Å². The molecule has 1 fully saturated rings. The number of nitrogens with one attached hydrogen (secondary N) is 1. The minimum atomic E-state index is -0.973. The Hall–Kier alpha value is -3.35. The van der Waals surface area contributed by atoms with Crippen molar-refractivity contribution in [2.75, 3.05) is 19.7 Å². The summed E-state index contributed by atoms with van der Waals surface area (Å²) < 4.78 is 5.59. The Balaban J connectivity index is 1.37. The number of hydrogen-bond acceptors (Lipinski definition) is 4. The van der Waals surface area contributed by atoms with Crippen molar-refractivity contribution >= 4 is 18.0 Å². The van der Waals surface area contributed by atoms with Crippen molar-refractivity contribution in [2.24, 2.45) is 11.8 Å². The zero-order valence-electron chi connectivity index (χ0n) is 19.7. The average molecular weight is 465 g/mol. The highest BCUT2D eigenvalue weighted by molar-refractivity contribution is 5.86. The number of amides is 2. The van der Waals surface area contributed by atoms with Gasteiger partial charge in [-0.05, 0) is 47.4 Å². The normalized spacial score (nSPS) is 17.9.